The molecule has 5 heteroatoms. The van der Waals surface area contributed by atoms with Crippen molar-refractivity contribution in [3.8, 4) is 6.07 Å². The summed E-state index contributed by atoms with van der Waals surface area (Å²) in [6.07, 6.45) is 0.604. The second-order valence-corrected chi connectivity index (χ2v) is 5.65. The molecule has 2 rings (SSSR count). The van der Waals surface area contributed by atoms with E-state index in [1.54, 1.807) is 18.2 Å². The smallest absolute Gasteiger partial charge is 0.255 e. The minimum Gasteiger partial charge on any atom is -0.396 e. The third-order valence-corrected chi connectivity index (χ3v) is 3.87. The van der Waals surface area contributed by atoms with Gasteiger partial charge in [-0.25, -0.2) is 0 Å². The standard InChI is InChI=1S/C17H16N2O2S/c18-9-11-22-16-3-1-2-14(12-16)17(21)19-15-6-4-13(5-7-15)8-10-20/h1-7,12,20H,8,10-11H2,(H,19,21). The van der Waals surface area contributed by atoms with E-state index in [2.05, 4.69) is 11.4 Å². The predicted molar refractivity (Wildman–Crippen MR) is 88.0 cm³/mol. The molecule has 2 aromatic carbocycles. The average molecular weight is 312 g/mol. The number of rotatable bonds is 6. The van der Waals surface area contributed by atoms with E-state index in [0.717, 1.165) is 10.5 Å². The first kappa shape index (κ1) is 16.1. The fourth-order valence-electron chi connectivity index (χ4n) is 1.93. The van der Waals surface area contributed by atoms with E-state index in [0.29, 0.717) is 23.4 Å². The minimum absolute atomic E-state index is 0.110. The molecule has 0 heterocycles. The maximum Gasteiger partial charge on any atom is 0.255 e. The summed E-state index contributed by atoms with van der Waals surface area (Å²) in [5, 5.41) is 20.3. The molecule has 2 N–H and O–H groups in total. The second-order valence-electron chi connectivity index (χ2n) is 4.60. The molecule has 0 radical (unpaired) electrons. The number of aliphatic hydroxyl groups is 1. The Morgan fingerprint density at radius 3 is 2.68 bits per heavy atom. The van der Waals surface area contributed by atoms with Gasteiger partial charge in [-0.15, -0.1) is 11.8 Å². The average Bonchev–Trinajstić information content (AvgIpc) is 2.55. The number of hydrogen-bond acceptors (Lipinski definition) is 4. The summed E-state index contributed by atoms with van der Waals surface area (Å²) in [6.45, 7) is 0.110. The Morgan fingerprint density at radius 2 is 2.00 bits per heavy atom. The molecule has 2 aromatic rings. The van der Waals surface area contributed by atoms with Gasteiger partial charge in [-0.1, -0.05) is 18.2 Å². The van der Waals surface area contributed by atoms with E-state index in [-0.39, 0.29) is 12.5 Å². The lowest BCUT2D eigenvalue weighted by Gasteiger charge is -2.07. The maximum absolute atomic E-state index is 12.2. The van der Waals surface area contributed by atoms with E-state index in [9.17, 15) is 4.79 Å². The number of aliphatic hydroxyl groups excluding tert-OH is 1. The van der Waals surface area contributed by atoms with Crippen LogP contribution in [0.15, 0.2) is 53.4 Å². The molecule has 22 heavy (non-hydrogen) atoms. The molecule has 0 fully saturated rings. The fraction of sp³-hybridized carbons (Fsp3) is 0.176. The van der Waals surface area contributed by atoms with Crippen molar-refractivity contribution in [1.29, 1.82) is 5.26 Å². The number of thioether (sulfide) groups is 1. The SMILES string of the molecule is N#CCSc1cccc(C(=O)Nc2ccc(CCO)cc2)c1. The molecule has 0 spiro atoms. The number of nitriles is 1. The summed E-state index contributed by atoms with van der Waals surface area (Å²) in [6, 6.07) is 16.7. The van der Waals surface area contributed by atoms with Gasteiger partial charge < -0.3 is 10.4 Å². The number of nitrogens with one attached hydrogen (secondary N) is 1. The van der Waals surface area contributed by atoms with Crippen molar-refractivity contribution in [2.45, 2.75) is 11.3 Å². The lowest BCUT2D eigenvalue weighted by Crippen LogP contribution is -2.11. The number of hydrogen-bond donors (Lipinski definition) is 2. The molecule has 0 aliphatic carbocycles. The van der Waals surface area contributed by atoms with Crippen molar-refractivity contribution in [3.05, 3.63) is 59.7 Å². The lowest BCUT2D eigenvalue weighted by atomic mass is 10.1. The van der Waals surface area contributed by atoms with Crippen molar-refractivity contribution in [2.24, 2.45) is 0 Å². The molecule has 0 aliphatic rings. The summed E-state index contributed by atoms with van der Waals surface area (Å²) in [5.41, 5.74) is 2.29. The van der Waals surface area contributed by atoms with E-state index in [1.807, 2.05) is 30.3 Å². The number of carbonyl (C=O) groups excluding carboxylic acids is 1. The monoisotopic (exact) mass is 312 g/mol. The summed E-state index contributed by atoms with van der Waals surface area (Å²) in [4.78, 5) is 13.1. The molecule has 0 aromatic heterocycles. The highest BCUT2D eigenvalue weighted by atomic mass is 32.2. The zero-order valence-electron chi connectivity index (χ0n) is 12.0. The zero-order valence-corrected chi connectivity index (χ0v) is 12.8. The first-order chi connectivity index (χ1) is 10.7. The summed E-state index contributed by atoms with van der Waals surface area (Å²) in [7, 11) is 0. The van der Waals surface area contributed by atoms with Gasteiger partial charge in [-0.2, -0.15) is 5.26 Å². The van der Waals surface area contributed by atoms with Crippen LogP contribution in [0.25, 0.3) is 0 Å². The van der Waals surface area contributed by atoms with Crippen LogP contribution in [0.1, 0.15) is 15.9 Å². The highest BCUT2D eigenvalue weighted by Crippen LogP contribution is 2.19. The predicted octanol–water partition coefficient (Wildman–Crippen LogP) is 3.09. The van der Waals surface area contributed by atoms with E-state index < -0.39 is 0 Å². The Kier molecular flexibility index (Phi) is 6.01. The Labute approximate surface area is 133 Å². The van der Waals surface area contributed by atoms with Crippen LogP contribution in [0.5, 0.6) is 0 Å². The third kappa shape index (κ3) is 4.62. The lowest BCUT2D eigenvalue weighted by molar-refractivity contribution is 0.102. The van der Waals surface area contributed by atoms with Crippen LogP contribution in [-0.4, -0.2) is 23.4 Å². The molecule has 0 saturated heterocycles. The molecule has 112 valence electrons. The second kappa shape index (κ2) is 8.23. The Balaban J connectivity index is 2.03. The van der Waals surface area contributed by atoms with Gasteiger partial charge in [0.05, 0.1) is 11.8 Å². The molecular formula is C17H16N2O2S. The molecule has 0 aliphatic heterocycles. The first-order valence-corrected chi connectivity index (χ1v) is 7.82. The molecule has 0 saturated carbocycles. The summed E-state index contributed by atoms with van der Waals surface area (Å²) >= 11 is 1.40. The van der Waals surface area contributed by atoms with Crippen molar-refractivity contribution < 1.29 is 9.90 Å². The Morgan fingerprint density at radius 1 is 1.23 bits per heavy atom. The number of benzene rings is 2. The van der Waals surface area contributed by atoms with E-state index in [4.69, 9.17) is 10.4 Å². The summed E-state index contributed by atoms with van der Waals surface area (Å²) in [5.74, 6) is 0.173. The van der Waals surface area contributed by atoms with E-state index in [1.165, 1.54) is 11.8 Å². The molecule has 0 atom stereocenters. The van der Waals surface area contributed by atoms with Crippen molar-refractivity contribution in [3.63, 3.8) is 0 Å². The molecule has 1 amide bonds. The zero-order chi connectivity index (χ0) is 15.8. The largest absolute Gasteiger partial charge is 0.396 e. The van der Waals surface area contributed by atoms with Crippen molar-refractivity contribution in [2.75, 3.05) is 17.7 Å². The number of amides is 1. The van der Waals surface area contributed by atoms with Gasteiger partial charge in [0.1, 0.15) is 0 Å². The summed E-state index contributed by atoms with van der Waals surface area (Å²) < 4.78 is 0. The van der Waals surface area contributed by atoms with Crippen LogP contribution in [0, 0.1) is 11.3 Å². The normalized spacial score (nSPS) is 10.0. The topological polar surface area (TPSA) is 73.1 Å². The Bertz CT molecular complexity index is 678. The minimum atomic E-state index is -0.186. The number of nitrogens with zero attached hydrogens (tertiary/aromatic N) is 1. The first-order valence-electron chi connectivity index (χ1n) is 6.84. The maximum atomic E-state index is 12.2. The van der Waals surface area contributed by atoms with Crippen molar-refractivity contribution in [1.82, 2.24) is 0 Å². The van der Waals surface area contributed by atoms with Crippen LogP contribution in [-0.2, 0) is 6.42 Å². The van der Waals surface area contributed by atoms with Crippen molar-refractivity contribution >= 4 is 23.4 Å². The van der Waals surface area contributed by atoms with Gasteiger partial charge in [0.15, 0.2) is 0 Å². The van der Waals surface area contributed by atoms with E-state index >= 15 is 0 Å². The van der Waals surface area contributed by atoms with Gasteiger partial charge >= 0.3 is 0 Å². The highest BCUT2D eigenvalue weighted by molar-refractivity contribution is 7.99. The molecule has 4 nitrogen and oxygen atoms in total. The van der Waals surface area contributed by atoms with Crippen LogP contribution >= 0.6 is 11.8 Å². The number of carbonyl (C=O) groups is 1. The van der Waals surface area contributed by atoms with Crippen LogP contribution in [0.4, 0.5) is 5.69 Å². The van der Waals surface area contributed by atoms with Crippen LogP contribution < -0.4 is 5.32 Å². The fourth-order valence-corrected chi connectivity index (χ4v) is 2.55. The van der Waals surface area contributed by atoms with Crippen LogP contribution in [0.3, 0.4) is 0 Å². The van der Waals surface area contributed by atoms with Gasteiger partial charge in [-0.3, -0.25) is 4.79 Å². The van der Waals surface area contributed by atoms with Gasteiger partial charge in [0, 0.05) is 22.8 Å². The van der Waals surface area contributed by atoms with Gasteiger partial charge in [-0.05, 0) is 42.3 Å². The Hall–Kier alpha value is -2.29. The van der Waals surface area contributed by atoms with Gasteiger partial charge in [0.25, 0.3) is 5.91 Å². The molecule has 0 bridgehead atoms. The highest BCUT2D eigenvalue weighted by Gasteiger charge is 2.07. The molecular weight excluding hydrogens is 296 g/mol. The van der Waals surface area contributed by atoms with Crippen LogP contribution in [0.2, 0.25) is 0 Å². The number of anilines is 1. The van der Waals surface area contributed by atoms with Gasteiger partial charge in [0.2, 0.25) is 0 Å². The molecule has 0 unspecified atom stereocenters. The third-order valence-electron chi connectivity index (χ3n) is 3.01. The quantitative estimate of drug-likeness (QED) is 0.804.